The summed E-state index contributed by atoms with van der Waals surface area (Å²) in [5.74, 6) is -0.456. The average Bonchev–Trinajstić information content (AvgIpc) is 2.10. The van der Waals surface area contributed by atoms with E-state index in [0.717, 1.165) is 12.8 Å². The summed E-state index contributed by atoms with van der Waals surface area (Å²) in [6.07, 6.45) is 1.08. The van der Waals surface area contributed by atoms with E-state index in [1.54, 1.807) is 27.7 Å². The average molecular weight is 243 g/mol. The van der Waals surface area contributed by atoms with Gasteiger partial charge in [-0.2, -0.15) is 0 Å². The maximum absolute atomic E-state index is 11.5. The number of ether oxygens (including phenoxy) is 2. The van der Waals surface area contributed by atoms with Crippen LogP contribution >= 0.6 is 0 Å². The highest BCUT2D eigenvalue weighted by Gasteiger charge is 2.39. The van der Waals surface area contributed by atoms with Crippen LogP contribution in [0.2, 0.25) is 0 Å². The number of esters is 1. The van der Waals surface area contributed by atoms with Crippen molar-refractivity contribution in [3.05, 3.63) is 0 Å². The molecule has 1 aliphatic rings. The molecule has 1 aliphatic carbocycles. The van der Waals surface area contributed by atoms with E-state index in [1.807, 2.05) is 0 Å². The molecule has 5 nitrogen and oxygen atoms in total. The molecule has 0 saturated heterocycles. The highest BCUT2D eigenvalue weighted by molar-refractivity contribution is 5.76. The molecule has 0 heterocycles. The molecular formula is C12H21NO4. The number of nitrogens with one attached hydrogen (secondary N) is 1. The third-order valence-electron chi connectivity index (χ3n) is 2.57. The lowest BCUT2D eigenvalue weighted by Gasteiger charge is -2.35. The standard InChI is InChI=1S/C12H21NO4/c1-5-16-10(14)8-6-7-9(8)13-11(15)17-12(2,3)4/h8-9H,5-7H2,1-4H3,(H,13,15)/t8-,9+/m1/s1. The van der Waals surface area contributed by atoms with Gasteiger partial charge in [-0.1, -0.05) is 0 Å². The fraction of sp³-hybridized carbons (Fsp3) is 0.833. The molecule has 17 heavy (non-hydrogen) atoms. The van der Waals surface area contributed by atoms with Crippen LogP contribution in [-0.2, 0) is 14.3 Å². The SMILES string of the molecule is CCOC(=O)[C@@H]1CC[C@@H]1NC(=O)OC(C)(C)C. The van der Waals surface area contributed by atoms with E-state index in [1.165, 1.54) is 0 Å². The zero-order valence-electron chi connectivity index (χ0n) is 10.9. The van der Waals surface area contributed by atoms with Gasteiger partial charge in [0.1, 0.15) is 5.60 Å². The van der Waals surface area contributed by atoms with Gasteiger partial charge in [0.25, 0.3) is 0 Å². The van der Waals surface area contributed by atoms with Crippen LogP contribution < -0.4 is 5.32 Å². The first-order chi connectivity index (χ1) is 7.83. The number of hydrogen-bond acceptors (Lipinski definition) is 4. The molecule has 1 fully saturated rings. The van der Waals surface area contributed by atoms with Gasteiger partial charge in [-0.15, -0.1) is 0 Å². The Balaban J connectivity index is 2.37. The summed E-state index contributed by atoms with van der Waals surface area (Å²) in [4.78, 5) is 23.0. The monoisotopic (exact) mass is 243 g/mol. The van der Waals surface area contributed by atoms with Crippen LogP contribution in [-0.4, -0.2) is 30.3 Å². The fourth-order valence-electron chi connectivity index (χ4n) is 1.66. The van der Waals surface area contributed by atoms with Crippen LogP contribution in [0.5, 0.6) is 0 Å². The van der Waals surface area contributed by atoms with Crippen LogP contribution in [0.3, 0.4) is 0 Å². The smallest absolute Gasteiger partial charge is 0.407 e. The first kappa shape index (κ1) is 13.8. The zero-order valence-corrected chi connectivity index (χ0v) is 10.9. The zero-order chi connectivity index (χ0) is 13.1. The topological polar surface area (TPSA) is 64.6 Å². The maximum atomic E-state index is 11.5. The van der Waals surface area contributed by atoms with Gasteiger partial charge in [0, 0.05) is 6.04 Å². The molecule has 0 aliphatic heterocycles. The Kier molecular flexibility index (Phi) is 4.37. The van der Waals surface area contributed by atoms with Crippen molar-refractivity contribution in [2.24, 2.45) is 5.92 Å². The van der Waals surface area contributed by atoms with Gasteiger partial charge in [-0.3, -0.25) is 4.79 Å². The number of amides is 1. The van der Waals surface area contributed by atoms with E-state index in [2.05, 4.69) is 5.32 Å². The Morgan fingerprint density at radius 1 is 1.29 bits per heavy atom. The molecule has 1 N–H and O–H groups in total. The van der Waals surface area contributed by atoms with Crippen molar-refractivity contribution in [2.75, 3.05) is 6.61 Å². The third-order valence-corrected chi connectivity index (χ3v) is 2.57. The second-order valence-corrected chi connectivity index (χ2v) is 5.19. The summed E-state index contributed by atoms with van der Waals surface area (Å²) in [7, 11) is 0. The Morgan fingerprint density at radius 3 is 2.35 bits per heavy atom. The molecule has 2 atom stereocenters. The van der Waals surface area contributed by atoms with E-state index < -0.39 is 11.7 Å². The molecular weight excluding hydrogens is 222 g/mol. The normalized spacial score (nSPS) is 23.5. The third kappa shape index (κ3) is 4.24. The molecule has 0 radical (unpaired) electrons. The van der Waals surface area contributed by atoms with Gasteiger partial charge in [-0.25, -0.2) is 4.79 Å². The summed E-state index contributed by atoms with van der Waals surface area (Å²) >= 11 is 0. The van der Waals surface area contributed by atoms with Gasteiger partial charge in [0.2, 0.25) is 0 Å². The van der Waals surface area contributed by atoms with Gasteiger partial charge >= 0.3 is 12.1 Å². The summed E-state index contributed by atoms with van der Waals surface area (Å²) < 4.78 is 10.1. The summed E-state index contributed by atoms with van der Waals surface area (Å²) in [6.45, 7) is 7.55. The van der Waals surface area contributed by atoms with Crippen molar-refractivity contribution in [3.63, 3.8) is 0 Å². The predicted molar refractivity (Wildman–Crippen MR) is 62.5 cm³/mol. The first-order valence-electron chi connectivity index (χ1n) is 5.99. The Bertz CT molecular complexity index is 295. The Morgan fingerprint density at radius 2 is 1.94 bits per heavy atom. The van der Waals surface area contributed by atoms with Gasteiger partial charge in [-0.05, 0) is 40.5 Å². The molecule has 1 rings (SSSR count). The van der Waals surface area contributed by atoms with Crippen molar-refractivity contribution in [1.82, 2.24) is 5.32 Å². The highest BCUT2D eigenvalue weighted by atomic mass is 16.6. The van der Waals surface area contributed by atoms with E-state index in [4.69, 9.17) is 9.47 Å². The minimum Gasteiger partial charge on any atom is -0.466 e. The molecule has 0 spiro atoms. The number of alkyl carbamates (subject to hydrolysis) is 1. The Labute approximate surface area is 102 Å². The van der Waals surface area contributed by atoms with Crippen molar-refractivity contribution >= 4 is 12.1 Å². The van der Waals surface area contributed by atoms with Gasteiger partial charge in [0.15, 0.2) is 0 Å². The summed E-state index contributed by atoms with van der Waals surface area (Å²) in [6, 6.07) is -0.149. The molecule has 5 heteroatoms. The van der Waals surface area contributed by atoms with Crippen molar-refractivity contribution in [2.45, 2.75) is 52.2 Å². The molecule has 0 aromatic heterocycles. The summed E-state index contributed by atoms with van der Waals surface area (Å²) in [5.41, 5.74) is -0.521. The predicted octanol–water partition coefficient (Wildman–Crippen LogP) is 1.85. The van der Waals surface area contributed by atoms with Crippen LogP contribution in [0.1, 0.15) is 40.5 Å². The van der Waals surface area contributed by atoms with Crippen molar-refractivity contribution in [3.8, 4) is 0 Å². The van der Waals surface area contributed by atoms with Crippen molar-refractivity contribution < 1.29 is 19.1 Å². The molecule has 1 amide bonds. The lowest BCUT2D eigenvalue weighted by atomic mass is 9.79. The van der Waals surface area contributed by atoms with Gasteiger partial charge in [0.05, 0.1) is 12.5 Å². The molecule has 0 bridgehead atoms. The van der Waals surface area contributed by atoms with E-state index in [-0.39, 0.29) is 17.9 Å². The van der Waals surface area contributed by atoms with E-state index >= 15 is 0 Å². The summed E-state index contributed by atoms with van der Waals surface area (Å²) in [5, 5.41) is 2.70. The fourth-order valence-corrected chi connectivity index (χ4v) is 1.66. The van der Waals surface area contributed by atoms with Crippen molar-refractivity contribution in [1.29, 1.82) is 0 Å². The number of hydrogen-bond donors (Lipinski definition) is 1. The molecule has 0 unspecified atom stereocenters. The van der Waals surface area contributed by atoms with Crippen LogP contribution in [0.25, 0.3) is 0 Å². The number of rotatable bonds is 3. The number of carbonyl (C=O) groups is 2. The maximum Gasteiger partial charge on any atom is 0.407 e. The van der Waals surface area contributed by atoms with E-state index in [0.29, 0.717) is 6.61 Å². The minimum atomic E-state index is -0.521. The lowest BCUT2D eigenvalue weighted by Crippen LogP contribution is -2.51. The second-order valence-electron chi connectivity index (χ2n) is 5.19. The van der Waals surface area contributed by atoms with Crippen LogP contribution in [0, 0.1) is 5.92 Å². The quantitative estimate of drug-likeness (QED) is 0.768. The van der Waals surface area contributed by atoms with Gasteiger partial charge < -0.3 is 14.8 Å². The van der Waals surface area contributed by atoms with Crippen LogP contribution in [0.15, 0.2) is 0 Å². The molecule has 1 saturated carbocycles. The highest BCUT2D eigenvalue weighted by Crippen LogP contribution is 2.28. The largest absolute Gasteiger partial charge is 0.466 e. The van der Waals surface area contributed by atoms with Crippen LogP contribution in [0.4, 0.5) is 4.79 Å². The first-order valence-corrected chi connectivity index (χ1v) is 5.99. The second kappa shape index (κ2) is 5.38. The Hall–Kier alpha value is -1.26. The number of carbonyl (C=O) groups excluding carboxylic acids is 2. The van der Waals surface area contributed by atoms with E-state index in [9.17, 15) is 9.59 Å². The lowest BCUT2D eigenvalue weighted by molar-refractivity contribution is -0.152. The molecule has 0 aromatic carbocycles. The molecule has 98 valence electrons. The minimum absolute atomic E-state index is 0.149. The molecule has 0 aromatic rings.